The number of hydrogen-bond acceptors (Lipinski definition) is 6. The standard InChI is InChI=1S/C14H16NO5P/c1-3-19-21(16,20-4-2)12(9-15)7-11-5-6-13-14(8-11)18-10-17-13/h5-8H,3-4,10H2,1-2H3/b12-7+. The number of ether oxygens (including phenoxy) is 2. The fraction of sp³-hybridized carbons (Fsp3) is 0.357. The summed E-state index contributed by atoms with van der Waals surface area (Å²) in [5.41, 5.74) is 0.662. The molecule has 0 bridgehead atoms. The van der Waals surface area contributed by atoms with Crippen LogP contribution in [-0.2, 0) is 13.6 Å². The summed E-state index contributed by atoms with van der Waals surface area (Å²) in [7, 11) is -3.59. The van der Waals surface area contributed by atoms with Crippen molar-refractivity contribution in [2.24, 2.45) is 0 Å². The van der Waals surface area contributed by atoms with Gasteiger partial charge in [0.1, 0.15) is 11.4 Å². The van der Waals surface area contributed by atoms with Crippen molar-refractivity contribution in [3.05, 3.63) is 29.1 Å². The van der Waals surface area contributed by atoms with E-state index in [0.29, 0.717) is 17.1 Å². The van der Waals surface area contributed by atoms with Gasteiger partial charge in [0.15, 0.2) is 11.5 Å². The van der Waals surface area contributed by atoms with E-state index in [1.54, 1.807) is 32.0 Å². The van der Waals surface area contributed by atoms with Gasteiger partial charge in [-0.1, -0.05) is 6.07 Å². The molecule has 1 heterocycles. The van der Waals surface area contributed by atoms with Gasteiger partial charge in [0, 0.05) is 0 Å². The summed E-state index contributed by atoms with van der Waals surface area (Å²) >= 11 is 0. The van der Waals surface area contributed by atoms with Gasteiger partial charge in [0.2, 0.25) is 6.79 Å². The molecular weight excluding hydrogens is 293 g/mol. The van der Waals surface area contributed by atoms with Gasteiger partial charge < -0.3 is 18.5 Å². The monoisotopic (exact) mass is 309 g/mol. The van der Waals surface area contributed by atoms with Crippen LogP contribution in [0.5, 0.6) is 11.5 Å². The zero-order valence-corrected chi connectivity index (χ0v) is 12.8. The average Bonchev–Trinajstić information content (AvgIpc) is 2.92. The second-order valence-corrected chi connectivity index (χ2v) is 6.08. The van der Waals surface area contributed by atoms with Gasteiger partial charge in [-0.2, -0.15) is 5.26 Å². The molecule has 0 amide bonds. The van der Waals surface area contributed by atoms with Crippen LogP contribution in [0.2, 0.25) is 0 Å². The van der Waals surface area contributed by atoms with Crippen LogP contribution in [-0.4, -0.2) is 20.0 Å². The van der Waals surface area contributed by atoms with Gasteiger partial charge in [-0.25, -0.2) is 0 Å². The highest BCUT2D eigenvalue weighted by Gasteiger charge is 2.30. The first-order valence-electron chi connectivity index (χ1n) is 6.54. The Balaban J connectivity index is 2.35. The van der Waals surface area contributed by atoms with E-state index in [1.807, 2.05) is 6.07 Å². The lowest BCUT2D eigenvalue weighted by atomic mass is 10.2. The second kappa shape index (κ2) is 6.77. The number of nitrogens with zero attached hydrogens (tertiary/aromatic N) is 1. The Bertz CT molecular complexity index is 625. The van der Waals surface area contributed by atoms with E-state index in [4.69, 9.17) is 18.5 Å². The van der Waals surface area contributed by atoms with Crippen molar-refractivity contribution in [3.63, 3.8) is 0 Å². The third kappa shape index (κ3) is 3.45. The summed E-state index contributed by atoms with van der Waals surface area (Å²) in [5.74, 6) is 1.23. The molecule has 7 heteroatoms. The molecular formula is C14H16NO5P. The van der Waals surface area contributed by atoms with Crippen LogP contribution in [0.4, 0.5) is 0 Å². The maximum absolute atomic E-state index is 12.6. The third-order valence-corrected chi connectivity index (χ3v) is 4.72. The quantitative estimate of drug-likeness (QED) is 0.590. The number of benzene rings is 1. The smallest absolute Gasteiger partial charge is 0.371 e. The fourth-order valence-corrected chi connectivity index (χ4v) is 3.31. The van der Waals surface area contributed by atoms with E-state index in [9.17, 15) is 9.83 Å². The predicted molar refractivity (Wildman–Crippen MR) is 77.0 cm³/mol. The van der Waals surface area contributed by atoms with Crippen LogP contribution < -0.4 is 9.47 Å². The highest BCUT2D eigenvalue weighted by atomic mass is 31.2. The van der Waals surface area contributed by atoms with Crippen LogP contribution in [0.3, 0.4) is 0 Å². The molecule has 1 aliphatic rings. The van der Waals surface area contributed by atoms with Gasteiger partial charge in [0.05, 0.1) is 13.2 Å². The van der Waals surface area contributed by atoms with Crippen LogP contribution in [0.25, 0.3) is 6.08 Å². The Labute approximate surface area is 123 Å². The number of rotatable bonds is 6. The van der Waals surface area contributed by atoms with Crippen LogP contribution >= 0.6 is 7.60 Å². The number of allylic oxidation sites excluding steroid dienone is 1. The lowest BCUT2D eigenvalue weighted by Gasteiger charge is -2.15. The van der Waals surface area contributed by atoms with Gasteiger partial charge in [-0.3, -0.25) is 4.57 Å². The molecule has 1 aliphatic heterocycles. The summed E-state index contributed by atoms with van der Waals surface area (Å²) in [6.45, 7) is 3.95. The van der Waals surface area contributed by atoms with E-state index in [1.165, 1.54) is 6.08 Å². The maximum atomic E-state index is 12.6. The lowest BCUT2D eigenvalue weighted by molar-refractivity contribution is 0.174. The molecule has 0 aliphatic carbocycles. The summed E-state index contributed by atoms with van der Waals surface area (Å²) in [5, 5.41) is 9.23. The highest BCUT2D eigenvalue weighted by molar-refractivity contribution is 7.59. The average molecular weight is 309 g/mol. The van der Waals surface area contributed by atoms with E-state index in [0.717, 1.165) is 0 Å². The van der Waals surface area contributed by atoms with Crippen molar-refractivity contribution in [3.8, 4) is 17.6 Å². The van der Waals surface area contributed by atoms with Gasteiger partial charge in [-0.05, 0) is 37.6 Å². The molecule has 0 aromatic heterocycles. The number of fused-ring (bicyclic) bond motifs is 1. The molecule has 0 fully saturated rings. The Morgan fingerprint density at radius 3 is 2.62 bits per heavy atom. The minimum absolute atomic E-state index is 0.0370. The molecule has 0 unspecified atom stereocenters. The predicted octanol–water partition coefficient (Wildman–Crippen LogP) is 3.55. The first-order chi connectivity index (χ1) is 10.1. The first-order valence-corrected chi connectivity index (χ1v) is 8.08. The summed E-state index contributed by atoms with van der Waals surface area (Å²) in [6.07, 6.45) is 1.48. The summed E-state index contributed by atoms with van der Waals surface area (Å²) in [4.78, 5) is 0. The zero-order chi connectivity index (χ0) is 15.3. The van der Waals surface area contributed by atoms with E-state index >= 15 is 0 Å². The van der Waals surface area contributed by atoms with Crippen molar-refractivity contribution in [2.45, 2.75) is 13.8 Å². The van der Waals surface area contributed by atoms with Crippen LogP contribution in [0, 0.1) is 11.3 Å². The molecule has 0 saturated heterocycles. The lowest BCUT2D eigenvalue weighted by Crippen LogP contribution is -1.97. The molecule has 0 N–H and O–H groups in total. The molecule has 0 saturated carbocycles. The fourth-order valence-electron chi connectivity index (χ4n) is 1.85. The topological polar surface area (TPSA) is 77.8 Å². The highest BCUT2D eigenvalue weighted by Crippen LogP contribution is 2.56. The van der Waals surface area contributed by atoms with Crippen molar-refractivity contribution in [2.75, 3.05) is 20.0 Å². The maximum Gasteiger partial charge on any atom is 0.371 e. The van der Waals surface area contributed by atoms with E-state index in [-0.39, 0.29) is 25.3 Å². The van der Waals surface area contributed by atoms with Gasteiger partial charge in [0.25, 0.3) is 0 Å². The minimum Gasteiger partial charge on any atom is -0.454 e. The molecule has 21 heavy (non-hydrogen) atoms. The van der Waals surface area contributed by atoms with Crippen LogP contribution in [0.1, 0.15) is 19.4 Å². The molecule has 0 atom stereocenters. The third-order valence-electron chi connectivity index (χ3n) is 2.71. The molecule has 1 aromatic carbocycles. The normalized spacial score (nSPS) is 14.0. The minimum atomic E-state index is -3.59. The number of nitriles is 1. The molecule has 0 radical (unpaired) electrons. The molecule has 2 rings (SSSR count). The van der Waals surface area contributed by atoms with E-state index in [2.05, 4.69) is 0 Å². The van der Waals surface area contributed by atoms with Crippen molar-refractivity contribution in [1.82, 2.24) is 0 Å². The Kier molecular flexibility index (Phi) is 5.03. The number of hydrogen-bond donors (Lipinski definition) is 0. The van der Waals surface area contributed by atoms with Crippen molar-refractivity contribution >= 4 is 13.7 Å². The summed E-state index contributed by atoms with van der Waals surface area (Å²) in [6, 6.07) is 7.09. The molecule has 112 valence electrons. The van der Waals surface area contributed by atoms with Crippen molar-refractivity contribution < 1.29 is 23.1 Å². The van der Waals surface area contributed by atoms with Gasteiger partial charge >= 0.3 is 7.60 Å². The first kappa shape index (κ1) is 15.6. The molecule has 6 nitrogen and oxygen atoms in total. The molecule has 0 spiro atoms. The Morgan fingerprint density at radius 2 is 2.00 bits per heavy atom. The second-order valence-electron chi connectivity index (χ2n) is 4.09. The SMILES string of the molecule is CCOP(=O)(OCC)/C(C#N)=C/c1ccc2c(c1)OCO2. The zero-order valence-electron chi connectivity index (χ0n) is 11.9. The van der Waals surface area contributed by atoms with Crippen molar-refractivity contribution in [1.29, 1.82) is 5.26 Å². The summed E-state index contributed by atoms with van der Waals surface area (Å²) < 4.78 is 33.4. The Morgan fingerprint density at radius 1 is 1.33 bits per heavy atom. The van der Waals surface area contributed by atoms with E-state index < -0.39 is 7.60 Å². The largest absolute Gasteiger partial charge is 0.454 e. The molecule has 1 aromatic rings. The Hall–Kier alpha value is -1.80. The van der Waals surface area contributed by atoms with Gasteiger partial charge in [-0.15, -0.1) is 0 Å². The van der Waals surface area contributed by atoms with Crippen LogP contribution in [0.15, 0.2) is 23.5 Å².